The van der Waals surface area contributed by atoms with E-state index in [9.17, 15) is 10.1 Å². The first kappa shape index (κ1) is 13.0. The van der Waals surface area contributed by atoms with Crippen molar-refractivity contribution in [3.8, 4) is 0 Å². The second-order valence-corrected chi connectivity index (χ2v) is 4.33. The number of rotatable bonds is 5. The molecule has 0 bridgehead atoms. The lowest BCUT2D eigenvalue weighted by Crippen LogP contribution is -2.22. The zero-order valence-corrected chi connectivity index (χ0v) is 10.8. The first-order valence-corrected chi connectivity index (χ1v) is 5.92. The lowest BCUT2D eigenvalue weighted by molar-refractivity contribution is -0.385. The maximum absolute atomic E-state index is 10.7. The quantitative estimate of drug-likeness (QED) is 0.657. The molecule has 2 heterocycles. The van der Waals surface area contributed by atoms with Crippen LogP contribution in [0, 0.1) is 17.0 Å². The normalized spacial score (nSPS) is 12.1. The van der Waals surface area contributed by atoms with Crippen LogP contribution in [0.15, 0.2) is 30.6 Å². The SMILES string of the molecule is Cc1nc(NC(C)Cn2cccn2)ccc1[N+](=O)[O-]. The number of aryl methyl sites for hydroxylation is 1. The van der Waals surface area contributed by atoms with E-state index in [2.05, 4.69) is 15.4 Å². The van der Waals surface area contributed by atoms with Crippen molar-refractivity contribution in [2.24, 2.45) is 0 Å². The summed E-state index contributed by atoms with van der Waals surface area (Å²) in [6.45, 7) is 4.33. The lowest BCUT2D eigenvalue weighted by Gasteiger charge is -2.14. The fraction of sp³-hybridized carbons (Fsp3) is 0.333. The minimum Gasteiger partial charge on any atom is -0.366 e. The van der Waals surface area contributed by atoms with Crippen LogP contribution >= 0.6 is 0 Å². The van der Waals surface area contributed by atoms with Gasteiger partial charge >= 0.3 is 0 Å². The largest absolute Gasteiger partial charge is 0.366 e. The van der Waals surface area contributed by atoms with Crippen LogP contribution < -0.4 is 5.32 Å². The molecule has 7 nitrogen and oxygen atoms in total. The van der Waals surface area contributed by atoms with Crippen LogP contribution in [-0.2, 0) is 6.54 Å². The molecule has 2 aromatic rings. The van der Waals surface area contributed by atoms with E-state index >= 15 is 0 Å². The fourth-order valence-corrected chi connectivity index (χ4v) is 1.81. The molecule has 0 spiro atoms. The summed E-state index contributed by atoms with van der Waals surface area (Å²) in [5.74, 6) is 0.628. The molecule has 1 unspecified atom stereocenters. The highest BCUT2D eigenvalue weighted by Crippen LogP contribution is 2.18. The van der Waals surface area contributed by atoms with Crippen LogP contribution in [0.3, 0.4) is 0 Å². The van der Waals surface area contributed by atoms with E-state index in [0.29, 0.717) is 18.1 Å². The van der Waals surface area contributed by atoms with Crippen molar-refractivity contribution in [2.75, 3.05) is 5.32 Å². The van der Waals surface area contributed by atoms with Gasteiger partial charge in [0, 0.05) is 24.5 Å². The van der Waals surface area contributed by atoms with Gasteiger partial charge in [0.1, 0.15) is 11.5 Å². The molecule has 0 aliphatic rings. The van der Waals surface area contributed by atoms with Gasteiger partial charge in [0.25, 0.3) is 5.69 Å². The van der Waals surface area contributed by atoms with E-state index in [-0.39, 0.29) is 11.7 Å². The Balaban J connectivity index is 2.03. The third kappa shape index (κ3) is 3.27. The Kier molecular flexibility index (Phi) is 3.74. The van der Waals surface area contributed by atoms with Crippen LogP contribution in [0.5, 0.6) is 0 Å². The topological polar surface area (TPSA) is 85.9 Å². The molecule has 0 aliphatic heterocycles. The van der Waals surface area contributed by atoms with E-state index < -0.39 is 4.92 Å². The molecule has 2 aromatic heterocycles. The van der Waals surface area contributed by atoms with Crippen molar-refractivity contribution in [2.45, 2.75) is 26.4 Å². The van der Waals surface area contributed by atoms with Gasteiger partial charge < -0.3 is 5.32 Å². The number of anilines is 1. The van der Waals surface area contributed by atoms with Gasteiger partial charge in [-0.3, -0.25) is 14.8 Å². The van der Waals surface area contributed by atoms with Gasteiger partial charge in [-0.2, -0.15) is 5.10 Å². The average Bonchev–Trinajstić information content (AvgIpc) is 2.81. The van der Waals surface area contributed by atoms with E-state index in [1.807, 2.05) is 23.9 Å². The Bertz CT molecular complexity index is 568. The highest BCUT2D eigenvalue weighted by molar-refractivity contribution is 5.45. The highest BCUT2D eigenvalue weighted by Gasteiger charge is 2.12. The summed E-state index contributed by atoms with van der Waals surface area (Å²) in [6, 6.07) is 5.06. The van der Waals surface area contributed by atoms with Crippen molar-refractivity contribution >= 4 is 11.5 Å². The minimum absolute atomic E-state index is 0.0327. The summed E-state index contributed by atoms with van der Waals surface area (Å²) in [6.07, 6.45) is 3.60. The molecule has 7 heteroatoms. The van der Waals surface area contributed by atoms with Crippen LogP contribution in [0.25, 0.3) is 0 Å². The number of nitrogens with one attached hydrogen (secondary N) is 1. The number of hydrogen-bond donors (Lipinski definition) is 1. The smallest absolute Gasteiger partial charge is 0.290 e. The molecule has 2 rings (SSSR count). The van der Waals surface area contributed by atoms with Crippen molar-refractivity contribution in [3.05, 3.63) is 46.4 Å². The first-order valence-electron chi connectivity index (χ1n) is 5.92. The zero-order valence-electron chi connectivity index (χ0n) is 10.8. The summed E-state index contributed by atoms with van der Waals surface area (Å²) in [7, 11) is 0. The fourth-order valence-electron chi connectivity index (χ4n) is 1.81. The minimum atomic E-state index is -0.431. The van der Waals surface area contributed by atoms with Crippen molar-refractivity contribution < 1.29 is 4.92 Å². The first-order chi connectivity index (χ1) is 9.06. The Morgan fingerprint density at radius 2 is 2.32 bits per heavy atom. The second-order valence-electron chi connectivity index (χ2n) is 4.33. The standard InChI is InChI=1S/C12H15N5O2/c1-9(8-16-7-3-6-13-16)14-12-5-4-11(17(18)19)10(2)15-12/h3-7,9H,8H2,1-2H3,(H,14,15). The third-order valence-electron chi connectivity index (χ3n) is 2.67. The molecule has 0 saturated carbocycles. The van der Waals surface area contributed by atoms with Gasteiger partial charge in [-0.05, 0) is 26.0 Å². The Hall–Kier alpha value is -2.44. The molecular formula is C12H15N5O2. The summed E-state index contributed by atoms with van der Waals surface area (Å²) in [4.78, 5) is 14.5. The molecule has 100 valence electrons. The number of hydrogen-bond acceptors (Lipinski definition) is 5. The number of nitrogens with zero attached hydrogens (tertiary/aromatic N) is 4. The summed E-state index contributed by atoms with van der Waals surface area (Å²) in [5.41, 5.74) is 0.437. The van der Waals surface area contributed by atoms with E-state index in [0.717, 1.165) is 0 Å². The predicted molar refractivity (Wildman–Crippen MR) is 70.9 cm³/mol. The molecule has 0 amide bonds. The van der Waals surface area contributed by atoms with E-state index in [1.165, 1.54) is 6.07 Å². The maximum atomic E-state index is 10.7. The van der Waals surface area contributed by atoms with Gasteiger partial charge in [-0.25, -0.2) is 4.98 Å². The Morgan fingerprint density at radius 3 is 2.89 bits per heavy atom. The van der Waals surface area contributed by atoms with Crippen molar-refractivity contribution in [1.82, 2.24) is 14.8 Å². The molecule has 0 aromatic carbocycles. The third-order valence-corrected chi connectivity index (χ3v) is 2.67. The number of nitro groups is 1. The maximum Gasteiger partial charge on any atom is 0.290 e. The second kappa shape index (κ2) is 5.47. The molecule has 0 fully saturated rings. The molecule has 0 radical (unpaired) electrons. The molecule has 0 aliphatic carbocycles. The van der Waals surface area contributed by atoms with Crippen LogP contribution in [0.4, 0.5) is 11.5 Å². The zero-order chi connectivity index (χ0) is 13.8. The number of pyridine rings is 1. The number of aromatic nitrogens is 3. The average molecular weight is 261 g/mol. The van der Waals surface area contributed by atoms with Crippen LogP contribution in [0.1, 0.15) is 12.6 Å². The van der Waals surface area contributed by atoms with E-state index in [1.54, 1.807) is 19.2 Å². The molecule has 0 saturated heterocycles. The molecule has 19 heavy (non-hydrogen) atoms. The van der Waals surface area contributed by atoms with Crippen LogP contribution in [0.2, 0.25) is 0 Å². The van der Waals surface area contributed by atoms with Crippen molar-refractivity contribution in [1.29, 1.82) is 0 Å². The van der Waals surface area contributed by atoms with Gasteiger partial charge in [-0.1, -0.05) is 0 Å². The Labute approximate surface area is 110 Å². The summed E-state index contributed by atoms with van der Waals surface area (Å²) in [5, 5.41) is 18.0. The Morgan fingerprint density at radius 1 is 1.53 bits per heavy atom. The van der Waals surface area contributed by atoms with Gasteiger partial charge in [-0.15, -0.1) is 0 Å². The monoisotopic (exact) mass is 261 g/mol. The van der Waals surface area contributed by atoms with Gasteiger partial charge in [0.2, 0.25) is 0 Å². The van der Waals surface area contributed by atoms with Gasteiger partial charge in [0.15, 0.2) is 0 Å². The summed E-state index contributed by atoms with van der Waals surface area (Å²) >= 11 is 0. The predicted octanol–water partition coefficient (Wildman–Crippen LogP) is 2.00. The molecular weight excluding hydrogens is 246 g/mol. The van der Waals surface area contributed by atoms with E-state index in [4.69, 9.17) is 0 Å². The summed E-state index contributed by atoms with van der Waals surface area (Å²) < 4.78 is 1.82. The molecule has 1 N–H and O–H groups in total. The lowest BCUT2D eigenvalue weighted by atomic mass is 10.3. The van der Waals surface area contributed by atoms with Gasteiger partial charge in [0.05, 0.1) is 11.5 Å². The van der Waals surface area contributed by atoms with Crippen molar-refractivity contribution in [3.63, 3.8) is 0 Å². The van der Waals surface area contributed by atoms with Crippen LogP contribution in [-0.4, -0.2) is 25.7 Å². The molecule has 1 atom stereocenters. The highest BCUT2D eigenvalue weighted by atomic mass is 16.6.